The molecule has 11 nitrogen and oxygen atoms in total. The van der Waals surface area contributed by atoms with Crippen LogP contribution in [0.1, 0.15) is 65.7 Å². The van der Waals surface area contributed by atoms with Crippen molar-refractivity contribution in [3.8, 4) is 0 Å². The second-order valence-electron chi connectivity index (χ2n) is 13.4. The van der Waals surface area contributed by atoms with Gasteiger partial charge in [-0.05, 0) is 68.1 Å². The number of carbonyl (C=O) groups is 2. The van der Waals surface area contributed by atoms with E-state index in [4.69, 9.17) is 14.2 Å². The molecule has 5 fully saturated rings. The molecule has 39 heavy (non-hydrogen) atoms. The molecule has 0 amide bonds. The molecule has 4 aliphatic carbocycles. The zero-order valence-electron chi connectivity index (χ0n) is 22.9. The topological polar surface area (TPSA) is 183 Å². The quantitative estimate of drug-likeness (QED) is 0.186. The van der Waals surface area contributed by atoms with Crippen molar-refractivity contribution >= 4 is 12.3 Å². The maximum atomic E-state index is 12.4. The summed E-state index contributed by atoms with van der Waals surface area (Å²) >= 11 is 0. The number of fused-ring (bicyclic) bond motifs is 3. The van der Waals surface area contributed by atoms with Gasteiger partial charge >= 0.3 is 5.97 Å². The molecular formula is C28H44O11. The molecule has 2 bridgehead atoms. The molecule has 5 aliphatic rings. The minimum absolute atomic E-state index is 0.0393. The van der Waals surface area contributed by atoms with Gasteiger partial charge in [-0.15, -0.1) is 0 Å². The average Bonchev–Trinajstić information content (AvgIpc) is 3.07. The van der Waals surface area contributed by atoms with Crippen LogP contribution in [0.15, 0.2) is 0 Å². The van der Waals surface area contributed by atoms with Crippen molar-refractivity contribution in [1.29, 1.82) is 0 Å². The number of carbonyl (C=O) groups excluding carboxylic acids is 2. The van der Waals surface area contributed by atoms with Crippen molar-refractivity contribution in [3.63, 3.8) is 0 Å². The molecule has 5 rings (SSSR count). The Balaban J connectivity index is 1.45. The lowest BCUT2D eigenvalue weighted by Gasteiger charge is -2.64. The van der Waals surface area contributed by atoms with Gasteiger partial charge in [-0.2, -0.15) is 0 Å². The number of aldehydes is 1. The number of aliphatic hydroxyl groups excluding tert-OH is 5. The predicted molar refractivity (Wildman–Crippen MR) is 134 cm³/mol. The Morgan fingerprint density at radius 1 is 1.00 bits per heavy atom. The monoisotopic (exact) mass is 556 g/mol. The molecule has 4 saturated carbocycles. The lowest BCUT2D eigenvalue weighted by Crippen LogP contribution is -2.64. The summed E-state index contributed by atoms with van der Waals surface area (Å²) in [5, 5.41) is 63.3. The van der Waals surface area contributed by atoms with Gasteiger partial charge in [0.05, 0.1) is 24.7 Å². The van der Waals surface area contributed by atoms with E-state index in [9.17, 15) is 40.2 Å². The van der Waals surface area contributed by atoms with Gasteiger partial charge in [0.1, 0.15) is 42.4 Å². The molecule has 1 heterocycles. The van der Waals surface area contributed by atoms with Crippen molar-refractivity contribution in [2.45, 2.75) is 114 Å². The number of ether oxygens (including phenoxy) is 3. The maximum Gasteiger partial charge on any atom is 0.303 e. The summed E-state index contributed by atoms with van der Waals surface area (Å²) in [5.74, 6) is -0.807. The number of esters is 1. The minimum Gasteiger partial charge on any atom is -0.459 e. The van der Waals surface area contributed by atoms with Gasteiger partial charge in [0.15, 0.2) is 6.29 Å². The van der Waals surface area contributed by atoms with Gasteiger partial charge in [0.25, 0.3) is 0 Å². The van der Waals surface area contributed by atoms with Gasteiger partial charge < -0.3 is 49.6 Å². The molecule has 1 spiro atoms. The van der Waals surface area contributed by atoms with Crippen LogP contribution in [0.2, 0.25) is 0 Å². The summed E-state index contributed by atoms with van der Waals surface area (Å²) < 4.78 is 17.3. The van der Waals surface area contributed by atoms with E-state index >= 15 is 0 Å². The fraction of sp³-hybridized carbons (Fsp3) is 0.929. The lowest BCUT2D eigenvalue weighted by molar-refractivity contribution is -0.313. The number of hydrogen-bond donors (Lipinski definition) is 6. The molecule has 11 heteroatoms. The van der Waals surface area contributed by atoms with Gasteiger partial charge in [-0.25, -0.2) is 0 Å². The highest BCUT2D eigenvalue weighted by molar-refractivity contribution is 5.66. The van der Waals surface area contributed by atoms with E-state index in [0.29, 0.717) is 32.1 Å². The molecular weight excluding hydrogens is 512 g/mol. The first kappa shape index (κ1) is 29.3. The highest BCUT2D eigenvalue weighted by Gasteiger charge is 2.74. The SMILES string of the molecule is CC(=O)O[C@H]1[C@](O)(CO[C@@H]2O[C@H](CO)[C@@H](O)[C@H](O)[C@H]2O)[C@@H]2CC[C@H]3[C@]4(C)CC[C@@H](O)[C@@](C)(C=O)[C@H]4CC[C@@]31C2. The Hall–Kier alpha value is -1.18. The molecule has 0 unspecified atom stereocenters. The highest BCUT2D eigenvalue weighted by Crippen LogP contribution is 2.73. The van der Waals surface area contributed by atoms with Crippen molar-refractivity contribution in [2.75, 3.05) is 13.2 Å². The Bertz CT molecular complexity index is 960. The third-order valence-electron chi connectivity index (χ3n) is 11.6. The predicted octanol–water partition coefficient (Wildman–Crippen LogP) is -0.342. The summed E-state index contributed by atoms with van der Waals surface area (Å²) in [5.41, 5.74) is -3.34. The Morgan fingerprint density at radius 3 is 2.36 bits per heavy atom. The van der Waals surface area contributed by atoms with E-state index in [0.717, 1.165) is 19.1 Å². The van der Waals surface area contributed by atoms with E-state index in [1.807, 2.05) is 6.92 Å². The molecule has 0 aromatic rings. The van der Waals surface area contributed by atoms with Gasteiger partial charge in [-0.1, -0.05) is 13.8 Å². The number of hydrogen-bond acceptors (Lipinski definition) is 11. The number of aliphatic hydroxyl groups is 6. The summed E-state index contributed by atoms with van der Waals surface area (Å²) in [6.07, 6.45) is -3.54. The average molecular weight is 557 g/mol. The first-order valence-corrected chi connectivity index (χ1v) is 14.2. The first-order chi connectivity index (χ1) is 18.3. The third-order valence-corrected chi connectivity index (χ3v) is 11.6. The molecule has 0 aromatic carbocycles. The van der Waals surface area contributed by atoms with Crippen LogP contribution < -0.4 is 0 Å². The van der Waals surface area contributed by atoms with E-state index in [-0.39, 0.29) is 29.8 Å². The smallest absolute Gasteiger partial charge is 0.303 e. The molecule has 1 saturated heterocycles. The van der Waals surface area contributed by atoms with E-state index in [1.54, 1.807) is 0 Å². The third kappa shape index (κ3) is 4.14. The van der Waals surface area contributed by atoms with Gasteiger partial charge in [0, 0.05) is 12.3 Å². The molecule has 6 N–H and O–H groups in total. The fourth-order valence-corrected chi connectivity index (χ4v) is 9.69. The summed E-state index contributed by atoms with van der Waals surface area (Å²) in [6, 6.07) is 0. The minimum atomic E-state index is -1.62. The normalized spacial score (nSPS) is 54.9. The molecule has 222 valence electrons. The standard InChI is InChI=1S/C28H44O11/c1-14(31)38-24-27-9-6-17-25(2,8-7-19(32)26(17,3)12-30)18(27)5-4-15(10-27)28(24,36)13-37-23-22(35)21(34)20(33)16(11-29)39-23/h12,15-24,29,32-36H,4-11,13H2,1-3H3/t15-,16-,17+,18+,19-,20-,21+,22-,23-,24-,25-,26+,27-,28+/m1/s1. The van der Waals surface area contributed by atoms with Crippen LogP contribution in [-0.4, -0.2) is 105 Å². The van der Waals surface area contributed by atoms with E-state index in [2.05, 4.69) is 6.92 Å². The second kappa shape index (κ2) is 9.97. The van der Waals surface area contributed by atoms with Crippen molar-refractivity contribution in [3.05, 3.63) is 0 Å². The Morgan fingerprint density at radius 2 is 1.72 bits per heavy atom. The lowest BCUT2D eigenvalue weighted by atomic mass is 9.40. The van der Waals surface area contributed by atoms with Crippen molar-refractivity contribution in [1.82, 2.24) is 0 Å². The molecule has 14 atom stereocenters. The van der Waals surface area contributed by atoms with Gasteiger partial charge in [-0.3, -0.25) is 4.79 Å². The van der Waals surface area contributed by atoms with Crippen LogP contribution in [0, 0.1) is 34.0 Å². The first-order valence-electron chi connectivity index (χ1n) is 14.2. The zero-order chi connectivity index (χ0) is 28.5. The zero-order valence-corrected chi connectivity index (χ0v) is 22.9. The summed E-state index contributed by atoms with van der Waals surface area (Å²) in [6.45, 7) is 4.38. The highest BCUT2D eigenvalue weighted by atomic mass is 16.7. The number of rotatable bonds is 6. The molecule has 1 aliphatic heterocycles. The largest absolute Gasteiger partial charge is 0.459 e. The van der Waals surface area contributed by atoms with Crippen LogP contribution in [0.3, 0.4) is 0 Å². The van der Waals surface area contributed by atoms with E-state index < -0.39 is 71.9 Å². The van der Waals surface area contributed by atoms with Crippen molar-refractivity contribution < 1.29 is 54.4 Å². The van der Waals surface area contributed by atoms with Crippen LogP contribution in [0.4, 0.5) is 0 Å². The second-order valence-corrected chi connectivity index (χ2v) is 13.4. The van der Waals surface area contributed by atoms with E-state index in [1.165, 1.54) is 6.92 Å². The van der Waals surface area contributed by atoms with Crippen LogP contribution in [0.5, 0.6) is 0 Å². The van der Waals surface area contributed by atoms with Crippen LogP contribution in [0.25, 0.3) is 0 Å². The molecule has 0 aromatic heterocycles. The van der Waals surface area contributed by atoms with Crippen molar-refractivity contribution in [2.24, 2.45) is 34.0 Å². The Labute approximate surface area is 228 Å². The van der Waals surface area contributed by atoms with Crippen LogP contribution >= 0.6 is 0 Å². The molecule has 0 radical (unpaired) electrons. The maximum absolute atomic E-state index is 12.4. The van der Waals surface area contributed by atoms with Gasteiger partial charge in [0.2, 0.25) is 0 Å². The van der Waals surface area contributed by atoms with Crippen LogP contribution in [-0.2, 0) is 23.8 Å². The Kier molecular flexibility index (Phi) is 7.50. The summed E-state index contributed by atoms with van der Waals surface area (Å²) in [7, 11) is 0. The fourth-order valence-electron chi connectivity index (χ4n) is 9.69. The summed E-state index contributed by atoms with van der Waals surface area (Å²) in [4.78, 5) is 24.7.